The predicted octanol–water partition coefficient (Wildman–Crippen LogP) is 4.77. The largest absolute Gasteiger partial charge is 0.350 e. The molecule has 0 aromatic carbocycles. The van der Waals surface area contributed by atoms with Crippen LogP contribution >= 0.6 is 7.60 Å². The molecular formula is C18H36NO4P. The summed E-state index contributed by atoms with van der Waals surface area (Å²) in [5, 5.41) is 2.68. The van der Waals surface area contributed by atoms with E-state index in [4.69, 9.17) is 9.05 Å². The highest BCUT2D eigenvalue weighted by atomic mass is 31.2. The van der Waals surface area contributed by atoms with Crippen molar-refractivity contribution in [3.63, 3.8) is 0 Å². The first-order valence-electron chi connectivity index (χ1n) is 8.47. The molecule has 3 atom stereocenters. The van der Waals surface area contributed by atoms with E-state index >= 15 is 0 Å². The molecule has 0 bridgehead atoms. The maximum Gasteiger partial charge on any atom is 0.334 e. The van der Waals surface area contributed by atoms with E-state index in [0.717, 1.165) is 0 Å². The van der Waals surface area contributed by atoms with Crippen molar-refractivity contribution in [3.8, 4) is 0 Å². The molecule has 6 heteroatoms. The van der Waals surface area contributed by atoms with Crippen LogP contribution in [-0.4, -0.2) is 30.8 Å². The van der Waals surface area contributed by atoms with E-state index < -0.39 is 7.60 Å². The van der Waals surface area contributed by atoms with Gasteiger partial charge in [0.1, 0.15) is 0 Å². The highest BCUT2D eigenvalue weighted by Gasteiger charge is 2.43. The zero-order valence-electron chi connectivity index (χ0n) is 16.9. The summed E-state index contributed by atoms with van der Waals surface area (Å²) >= 11 is 0. The Labute approximate surface area is 148 Å². The van der Waals surface area contributed by atoms with Crippen molar-refractivity contribution < 1.29 is 18.4 Å². The van der Waals surface area contributed by atoms with Gasteiger partial charge in [-0.2, -0.15) is 0 Å². The minimum absolute atomic E-state index is 0.133. The molecule has 0 aromatic heterocycles. The quantitative estimate of drug-likeness (QED) is 0.384. The number of nitrogens with one attached hydrogen (secondary N) is 1. The van der Waals surface area contributed by atoms with Crippen molar-refractivity contribution in [1.82, 2.24) is 5.32 Å². The van der Waals surface area contributed by atoms with E-state index in [1.165, 1.54) is 0 Å². The summed E-state index contributed by atoms with van der Waals surface area (Å²) in [6.07, 6.45) is -0.224. The molecule has 5 nitrogen and oxygen atoms in total. The van der Waals surface area contributed by atoms with Gasteiger partial charge < -0.3 is 14.4 Å². The lowest BCUT2D eigenvalue weighted by Crippen LogP contribution is -2.32. The van der Waals surface area contributed by atoms with Crippen LogP contribution in [0.2, 0.25) is 0 Å². The predicted molar refractivity (Wildman–Crippen MR) is 100 cm³/mol. The second-order valence-corrected chi connectivity index (χ2v) is 10.9. The number of hydrogen-bond donors (Lipinski definition) is 1. The fourth-order valence-electron chi connectivity index (χ4n) is 1.57. The normalized spacial score (nSPS) is 17.7. The van der Waals surface area contributed by atoms with Crippen LogP contribution in [0.4, 0.5) is 0 Å². The first kappa shape index (κ1) is 23.4. The third-order valence-corrected chi connectivity index (χ3v) is 7.17. The van der Waals surface area contributed by atoms with E-state index in [9.17, 15) is 9.36 Å². The topological polar surface area (TPSA) is 64.6 Å². The van der Waals surface area contributed by atoms with Gasteiger partial charge in [0.15, 0.2) is 0 Å². The SMILES string of the molecule is C=C(C)C(=O)NCCOP(=O)(OC(C)C(C)(C)C)C(C)C(C)(C)C. The molecule has 0 saturated heterocycles. The molecule has 0 aliphatic rings. The molecule has 0 radical (unpaired) electrons. The lowest BCUT2D eigenvalue weighted by atomic mass is 9.91. The summed E-state index contributed by atoms with van der Waals surface area (Å²) in [4.78, 5) is 11.5. The Morgan fingerprint density at radius 2 is 1.62 bits per heavy atom. The third kappa shape index (κ3) is 7.50. The number of carbonyl (C=O) groups excluding carboxylic acids is 1. The smallest absolute Gasteiger partial charge is 0.334 e. The standard InChI is InChI=1S/C18H36NO4P/c1-13(2)16(20)19-11-12-22-24(21,15(4)18(8,9)10)23-14(3)17(5,6)7/h14-15H,1,11-12H2,2-10H3,(H,19,20). The molecule has 0 fully saturated rings. The van der Waals surface area contributed by atoms with E-state index in [-0.39, 0.29) is 41.7 Å². The van der Waals surface area contributed by atoms with Crippen LogP contribution < -0.4 is 5.32 Å². The van der Waals surface area contributed by atoms with Crippen LogP contribution in [-0.2, 0) is 18.4 Å². The zero-order valence-corrected chi connectivity index (χ0v) is 17.8. The summed E-state index contributed by atoms with van der Waals surface area (Å²) in [6.45, 7) is 21.6. The Kier molecular flexibility index (Phi) is 8.41. The van der Waals surface area contributed by atoms with Crippen molar-refractivity contribution in [2.75, 3.05) is 13.2 Å². The molecule has 0 spiro atoms. The summed E-state index contributed by atoms with van der Waals surface area (Å²) in [6, 6.07) is 0. The van der Waals surface area contributed by atoms with Gasteiger partial charge in [0.05, 0.1) is 18.4 Å². The van der Waals surface area contributed by atoms with Gasteiger partial charge >= 0.3 is 7.60 Å². The highest BCUT2D eigenvalue weighted by Crippen LogP contribution is 2.60. The number of amides is 1. The molecule has 0 saturated carbocycles. The molecule has 142 valence electrons. The molecule has 1 N–H and O–H groups in total. The Hall–Kier alpha value is -0.640. The zero-order chi connectivity index (χ0) is 19.3. The van der Waals surface area contributed by atoms with Crippen molar-refractivity contribution in [3.05, 3.63) is 12.2 Å². The fourth-order valence-corrected chi connectivity index (χ4v) is 4.09. The summed E-state index contributed by atoms with van der Waals surface area (Å²) in [5.41, 5.74) is -0.218. The number of rotatable bonds is 8. The van der Waals surface area contributed by atoms with E-state index in [0.29, 0.717) is 5.57 Å². The van der Waals surface area contributed by atoms with Crippen LogP contribution in [0.5, 0.6) is 0 Å². The van der Waals surface area contributed by atoms with E-state index in [2.05, 4.69) is 11.9 Å². The van der Waals surface area contributed by atoms with Gasteiger partial charge in [0, 0.05) is 12.1 Å². The van der Waals surface area contributed by atoms with Crippen molar-refractivity contribution in [2.24, 2.45) is 10.8 Å². The highest BCUT2D eigenvalue weighted by molar-refractivity contribution is 7.54. The number of hydrogen-bond acceptors (Lipinski definition) is 4. The maximum atomic E-state index is 13.4. The monoisotopic (exact) mass is 361 g/mol. The molecule has 0 heterocycles. The minimum atomic E-state index is -3.34. The second-order valence-electron chi connectivity index (χ2n) is 8.56. The van der Waals surface area contributed by atoms with Crippen molar-refractivity contribution in [2.45, 2.75) is 74.1 Å². The van der Waals surface area contributed by atoms with Gasteiger partial charge in [-0.1, -0.05) is 55.0 Å². The second kappa shape index (κ2) is 8.64. The first-order valence-corrected chi connectivity index (χ1v) is 10.1. The van der Waals surface area contributed by atoms with Crippen LogP contribution in [0.25, 0.3) is 0 Å². The Balaban J connectivity index is 5.05. The molecule has 1 amide bonds. The minimum Gasteiger partial charge on any atom is -0.350 e. The van der Waals surface area contributed by atoms with Crippen LogP contribution in [0, 0.1) is 10.8 Å². The van der Waals surface area contributed by atoms with Crippen LogP contribution in [0.15, 0.2) is 12.2 Å². The van der Waals surface area contributed by atoms with Gasteiger partial charge in [-0.05, 0) is 24.7 Å². The summed E-state index contributed by atoms with van der Waals surface area (Å²) in [7, 11) is -3.34. The molecule has 0 rings (SSSR count). The molecule has 0 aliphatic carbocycles. The molecular weight excluding hydrogens is 325 g/mol. The molecule has 0 aliphatic heterocycles. The molecule has 24 heavy (non-hydrogen) atoms. The van der Waals surface area contributed by atoms with E-state index in [1.54, 1.807) is 6.92 Å². The van der Waals surface area contributed by atoms with Crippen molar-refractivity contribution >= 4 is 13.5 Å². The van der Waals surface area contributed by atoms with Gasteiger partial charge in [-0.25, -0.2) is 0 Å². The summed E-state index contributed by atoms with van der Waals surface area (Å²) < 4.78 is 25.1. The van der Waals surface area contributed by atoms with Gasteiger partial charge in [0.25, 0.3) is 0 Å². The first-order chi connectivity index (χ1) is 10.6. The molecule has 3 unspecified atom stereocenters. The third-order valence-electron chi connectivity index (χ3n) is 4.30. The van der Waals surface area contributed by atoms with Crippen molar-refractivity contribution in [1.29, 1.82) is 0 Å². The van der Waals surface area contributed by atoms with Gasteiger partial charge in [-0.3, -0.25) is 9.36 Å². The summed E-state index contributed by atoms with van der Waals surface area (Å²) in [5.74, 6) is -0.235. The van der Waals surface area contributed by atoms with Gasteiger partial charge in [-0.15, -0.1) is 0 Å². The van der Waals surface area contributed by atoms with Crippen LogP contribution in [0.1, 0.15) is 62.3 Å². The van der Waals surface area contributed by atoms with Crippen LogP contribution in [0.3, 0.4) is 0 Å². The number of carbonyl (C=O) groups is 1. The average Bonchev–Trinajstić information content (AvgIpc) is 2.40. The van der Waals surface area contributed by atoms with E-state index in [1.807, 2.05) is 55.4 Å². The maximum absolute atomic E-state index is 13.4. The Morgan fingerprint density at radius 1 is 1.12 bits per heavy atom. The molecule has 0 aromatic rings. The Bertz CT molecular complexity index is 488. The lowest BCUT2D eigenvalue weighted by Gasteiger charge is -2.37. The Morgan fingerprint density at radius 3 is 2.00 bits per heavy atom. The fraction of sp³-hybridized carbons (Fsp3) is 0.833. The van der Waals surface area contributed by atoms with Gasteiger partial charge in [0.2, 0.25) is 5.91 Å². The lowest BCUT2D eigenvalue weighted by molar-refractivity contribution is -0.117. The average molecular weight is 361 g/mol.